The number of aromatic nitrogens is 1. The van der Waals surface area contributed by atoms with Gasteiger partial charge in [0.05, 0.1) is 5.69 Å². The molecule has 1 heterocycles. The maximum atomic E-state index is 14.3. The second-order valence-electron chi connectivity index (χ2n) is 9.72. The van der Waals surface area contributed by atoms with Gasteiger partial charge in [0.15, 0.2) is 5.60 Å². The fraction of sp³-hybridized carbons (Fsp3) is 0.520. The highest BCUT2D eigenvalue weighted by Crippen LogP contribution is 2.43. The molecule has 0 spiro atoms. The maximum Gasteiger partial charge on any atom is 0.421 e. The zero-order valence-electron chi connectivity index (χ0n) is 18.7. The van der Waals surface area contributed by atoms with Gasteiger partial charge in [0.25, 0.3) is 5.91 Å². The Morgan fingerprint density at radius 1 is 1.06 bits per heavy atom. The van der Waals surface area contributed by atoms with E-state index < -0.39 is 17.2 Å². The predicted molar refractivity (Wildman–Crippen MR) is 115 cm³/mol. The average Bonchev–Trinajstić information content (AvgIpc) is 3.60. The molecule has 0 radical (unpaired) electrons. The second-order valence-corrected chi connectivity index (χ2v) is 9.72. The second kappa shape index (κ2) is 8.38. The van der Waals surface area contributed by atoms with E-state index >= 15 is 0 Å². The van der Waals surface area contributed by atoms with Crippen molar-refractivity contribution >= 4 is 5.91 Å². The molecule has 2 saturated carbocycles. The van der Waals surface area contributed by atoms with Crippen molar-refractivity contribution in [2.75, 3.05) is 0 Å². The van der Waals surface area contributed by atoms with E-state index in [2.05, 4.69) is 4.98 Å². The lowest BCUT2D eigenvalue weighted by atomic mass is 9.71. The number of nitrogens with zero attached hydrogens (tertiary/aromatic N) is 2. The molecule has 4 rings (SSSR count). The zero-order valence-corrected chi connectivity index (χ0v) is 18.7. The first kappa shape index (κ1) is 23.7. The van der Waals surface area contributed by atoms with E-state index in [-0.39, 0.29) is 29.4 Å². The van der Waals surface area contributed by atoms with Crippen molar-refractivity contribution in [3.63, 3.8) is 0 Å². The number of hydrogen-bond acceptors (Lipinski definition) is 3. The van der Waals surface area contributed by atoms with E-state index in [9.17, 15) is 27.5 Å². The van der Waals surface area contributed by atoms with Crippen molar-refractivity contribution in [2.24, 2.45) is 0 Å². The summed E-state index contributed by atoms with van der Waals surface area (Å²) in [6, 6.07) is 8.12. The SMILES string of the molecule is C[C@](O)(c1ccc(C(=O)N(C2CC2)[C@H]2CC[C@](C)(c3ncccc3F)CC2)cc1)C(F)(F)F. The third kappa shape index (κ3) is 4.50. The third-order valence-electron chi connectivity index (χ3n) is 7.20. The minimum atomic E-state index is -4.82. The largest absolute Gasteiger partial charge is 0.421 e. The van der Waals surface area contributed by atoms with Crippen LogP contribution >= 0.6 is 0 Å². The molecule has 1 amide bonds. The molecule has 1 aromatic carbocycles. The van der Waals surface area contributed by atoms with Crippen molar-refractivity contribution < 1.29 is 27.5 Å². The van der Waals surface area contributed by atoms with Gasteiger partial charge in [-0.3, -0.25) is 9.78 Å². The molecule has 178 valence electrons. The molecule has 4 nitrogen and oxygen atoms in total. The summed E-state index contributed by atoms with van der Waals surface area (Å²) in [6.45, 7) is 2.70. The first-order chi connectivity index (χ1) is 15.4. The highest BCUT2D eigenvalue weighted by Gasteiger charge is 2.51. The molecule has 2 aromatic rings. The third-order valence-corrected chi connectivity index (χ3v) is 7.20. The summed E-state index contributed by atoms with van der Waals surface area (Å²) in [6.07, 6.45) is 1.36. The molecule has 1 N–H and O–H groups in total. The Bertz CT molecular complexity index is 1010. The van der Waals surface area contributed by atoms with Crippen LogP contribution < -0.4 is 0 Å². The van der Waals surface area contributed by atoms with Crippen LogP contribution in [0.4, 0.5) is 17.6 Å². The highest BCUT2D eigenvalue weighted by molar-refractivity contribution is 5.95. The van der Waals surface area contributed by atoms with Crippen molar-refractivity contribution in [1.82, 2.24) is 9.88 Å². The number of benzene rings is 1. The van der Waals surface area contributed by atoms with Crippen LogP contribution in [-0.4, -0.2) is 39.2 Å². The highest BCUT2D eigenvalue weighted by atomic mass is 19.4. The van der Waals surface area contributed by atoms with Crippen molar-refractivity contribution in [1.29, 1.82) is 0 Å². The Hall–Kier alpha value is -2.48. The number of hydrogen-bond donors (Lipinski definition) is 1. The van der Waals surface area contributed by atoms with Gasteiger partial charge in [-0.25, -0.2) is 4.39 Å². The lowest BCUT2D eigenvalue weighted by molar-refractivity contribution is -0.258. The van der Waals surface area contributed by atoms with E-state index in [1.807, 2.05) is 11.8 Å². The Labute approximate surface area is 190 Å². The fourth-order valence-electron chi connectivity index (χ4n) is 4.82. The van der Waals surface area contributed by atoms with Gasteiger partial charge >= 0.3 is 6.18 Å². The van der Waals surface area contributed by atoms with E-state index in [0.717, 1.165) is 25.0 Å². The number of carbonyl (C=O) groups excluding carboxylic acids is 1. The van der Waals surface area contributed by atoms with Gasteiger partial charge in [-0.15, -0.1) is 0 Å². The minimum absolute atomic E-state index is 0.0113. The zero-order chi connectivity index (χ0) is 24.0. The summed E-state index contributed by atoms with van der Waals surface area (Å²) < 4.78 is 53.7. The lowest BCUT2D eigenvalue weighted by Gasteiger charge is -2.42. The number of carbonyl (C=O) groups is 1. The Kier molecular flexibility index (Phi) is 6.01. The first-order valence-electron chi connectivity index (χ1n) is 11.3. The number of aliphatic hydroxyl groups is 1. The number of rotatable bonds is 5. The summed E-state index contributed by atoms with van der Waals surface area (Å²) in [5, 5.41) is 9.87. The van der Waals surface area contributed by atoms with Crippen LogP contribution in [0, 0.1) is 5.82 Å². The van der Waals surface area contributed by atoms with E-state index in [1.54, 1.807) is 12.3 Å². The van der Waals surface area contributed by atoms with Gasteiger partial charge in [0.1, 0.15) is 5.82 Å². The van der Waals surface area contributed by atoms with Crippen LogP contribution in [0.15, 0.2) is 42.6 Å². The molecule has 33 heavy (non-hydrogen) atoms. The van der Waals surface area contributed by atoms with Gasteiger partial charge in [0, 0.05) is 29.3 Å². The molecular weight excluding hydrogens is 436 g/mol. The molecular formula is C25H28F4N2O2. The molecule has 1 atom stereocenters. The van der Waals surface area contributed by atoms with Crippen LogP contribution in [0.2, 0.25) is 0 Å². The number of amides is 1. The molecule has 8 heteroatoms. The van der Waals surface area contributed by atoms with Crippen LogP contribution in [-0.2, 0) is 11.0 Å². The monoisotopic (exact) mass is 464 g/mol. The van der Waals surface area contributed by atoms with Gasteiger partial charge in [-0.2, -0.15) is 13.2 Å². The van der Waals surface area contributed by atoms with Crippen molar-refractivity contribution in [2.45, 2.75) is 81.6 Å². The summed E-state index contributed by atoms with van der Waals surface area (Å²) in [7, 11) is 0. The van der Waals surface area contributed by atoms with Crippen LogP contribution in [0.25, 0.3) is 0 Å². The van der Waals surface area contributed by atoms with Crippen LogP contribution in [0.3, 0.4) is 0 Å². The van der Waals surface area contributed by atoms with Gasteiger partial charge < -0.3 is 10.0 Å². The average molecular weight is 465 g/mol. The Balaban J connectivity index is 1.50. The quantitative estimate of drug-likeness (QED) is 0.595. The maximum absolute atomic E-state index is 14.3. The molecule has 0 unspecified atom stereocenters. The first-order valence-corrected chi connectivity index (χ1v) is 11.3. The van der Waals surface area contributed by atoms with Crippen LogP contribution in [0.1, 0.15) is 74.0 Å². The van der Waals surface area contributed by atoms with Gasteiger partial charge in [-0.1, -0.05) is 19.1 Å². The summed E-state index contributed by atoms with van der Waals surface area (Å²) in [5.41, 5.74) is -2.94. The van der Waals surface area contributed by atoms with E-state index in [4.69, 9.17) is 0 Å². The molecule has 2 fully saturated rings. The topological polar surface area (TPSA) is 53.4 Å². The molecule has 0 saturated heterocycles. The standard InChI is InChI=1S/C25H28F4N2O2/c1-23(21-20(26)4-3-15-30-21)13-11-19(12-14-23)31(18-9-10-18)22(32)16-5-7-17(8-6-16)24(2,33)25(27,28)29/h3-8,15,18-19,33H,9-14H2,1-2H3/t19-,23-,24-/m0/s1. The fourth-order valence-corrected chi connectivity index (χ4v) is 4.82. The van der Waals surface area contributed by atoms with E-state index in [0.29, 0.717) is 43.9 Å². The van der Waals surface area contributed by atoms with Gasteiger partial charge in [0.2, 0.25) is 0 Å². The number of alkyl halides is 3. The smallest absolute Gasteiger partial charge is 0.376 e. The molecule has 1 aromatic heterocycles. The number of pyridine rings is 1. The summed E-state index contributed by atoms with van der Waals surface area (Å²) in [5.74, 6) is -0.531. The van der Waals surface area contributed by atoms with Crippen molar-refractivity contribution in [3.8, 4) is 0 Å². The summed E-state index contributed by atoms with van der Waals surface area (Å²) in [4.78, 5) is 19.5. The molecule has 0 bridgehead atoms. The summed E-state index contributed by atoms with van der Waals surface area (Å²) >= 11 is 0. The minimum Gasteiger partial charge on any atom is -0.376 e. The van der Waals surface area contributed by atoms with Gasteiger partial charge in [-0.05, 0) is 75.3 Å². The van der Waals surface area contributed by atoms with Crippen molar-refractivity contribution in [3.05, 3.63) is 65.2 Å². The molecule has 2 aliphatic carbocycles. The molecule has 0 aliphatic heterocycles. The Morgan fingerprint density at radius 2 is 1.64 bits per heavy atom. The predicted octanol–water partition coefficient (Wildman–Crippen LogP) is 5.50. The van der Waals surface area contributed by atoms with E-state index in [1.165, 1.54) is 18.2 Å². The Morgan fingerprint density at radius 3 is 2.15 bits per heavy atom. The van der Waals surface area contributed by atoms with Crippen LogP contribution in [0.5, 0.6) is 0 Å². The lowest BCUT2D eigenvalue weighted by Crippen LogP contribution is -2.46. The molecule has 2 aliphatic rings. The number of halogens is 4. The normalized spacial score (nSPS) is 25.4.